The molecule has 20 heavy (non-hydrogen) atoms. The molecule has 0 saturated heterocycles. The van der Waals surface area contributed by atoms with Gasteiger partial charge in [-0.2, -0.15) is 0 Å². The minimum atomic E-state index is -0.0652. The molecule has 122 valence electrons. The molecule has 2 atom stereocenters. The van der Waals surface area contributed by atoms with Crippen LogP contribution in [0.15, 0.2) is 0 Å². The van der Waals surface area contributed by atoms with Gasteiger partial charge < -0.3 is 10.2 Å². The first-order valence-electron chi connectivity index (χ1n) is 9.06. The Labute approximate surface area is 127 Å². The predicted molar refractivity (Wildman–Crippen MR) is 88.0 cm³/mol. The highest BCUT2D eigenvalue weighted by molar-refractivity contribution is 4.57. The smallest absolute Gasteiger partial charge is 0.0540 e. The second-order valence-electron chi connectivity index (χ2n) is 6.29. The summed E-state index contributed by atoms with van der Waals surface area (Å²) >= 11 is 0. The molecule has 0 aliphatic rings. The molecule has 0 aromatic heterocycles. The van der Waals surface area contributed by atoms with E-state index in [4.69, 9.17) is 0 Å². The van der Waals surface area contributed by atoms with Gasteiger partial charge in [0.25, 0.3) is 0 Å². The first kappa shape index (κ1) is 19.9. The summed E-state index contributed by atoms with van der Waals surface area (Å²) in [4.78, 5) is 0. The minimum Gasteiger partial charge on any atom is -0.393 e. The maximum atomic E-state index is 9.72. The molecule has 0 heterocycles. The Bertz CT molecular complexity index is 182. The van der Waals surface area contributed by atoms with Crippen molar-refractivity contribution in [1.29, 1.82) is 0 Å². The summed E-state index contributed by atoms with van der Waals surface area (Å²) in [7, 11) is 0. The lowest BCUT2D eigenvalue weighted by Crippen LogP contribution is -2.05. The molecular formula is C18H38O2. The van der Waals surface area contributed by atoms with E-state index in [9.17, 15) is 10.2 Å². The third-order valence-corrected chi connectivity index (χ3v) is 4.09. The zero-order chi connectivity index (χ0) is 15.1. The Morgan fingerprint density at radius 1 is 0.500 bits per heavy atom. The van der Waals surface area contributed by atoms with Crippen LogP contribution in [0.25, 0.3) is 0 Å². The molecule has 0 aliphatic heterocycles. The molecule has 0 bridgehead atoms. The summed E-state index contributed by atoms with van der Waals surface area (Å²) in [5.41, 5.74) is 0. The Morgan fingerprint density at radius 2 is 0.900 bits per heavy atom. The molecular weight excluding hydrogens is 248 g/mol. The summed E-state index contributed by atoms with van der Waals surface area (Å²) < 4.78 is 0. The van der Waals surface area contributed by atoms with Crippen molar-refractivity contribution in [3.8, 4) is 0 Å². The zero-order valence-electron chi connectivity index (χ0n) is 13.9. The first-order valence-corrected chi connectivity index (χ1v) is 9.06. The van der Waals surface area contributed by atoms with Crippen molar-refractivity contribution in [2.24, 2.45) is 0 Å². The number of unbranched alkanes of at least 4 members (excludes halogenated alkanes) is 7. The van der Waals surface area contributed by atoms with Crippen LogP contribution < -0.4 is 0 Å². The first-order chi connectivity index (χ1) is 9.70. The molecule has 0 amide bonds. The molecule has 0 aromatic rings. The van der Waals surface area contributed by atoms with Gasteiger partial charge in [0.1, 0.15) is 0 Å². The third kappa shape index (κ3) is 14.3. The van der Waals surface area contributed by atoms with Crippen molar-refractivity contribution in [3.05, 3.63) is 0 Å². The van der Waals surface area contributed by atoms with E-state index in [-0.39, 0.29) is 12.2 Å². The van der Waals surface area contributed by atoms with E-state index < -0.39 is 0 Å². The normalized spacial score (nSPS) is 14.4. The van der Waals surface area contributed by atoms with Gasteiger partial charge in [0, 0.05) is 0 Å². The lowest BCUT2D eigenvalue weighted by molar-refractivity contribution is 0.148. The van der Waals surface area contributed by atoms with Gasteiger partial charge >= 0.3 is 0 Å². The van der Waals surface area contributed by atoms with Gasteiger partial charge in [0.15, 0.2) is 0 Å². The van der Waals surface area contributed by atoms with Gasteiger partial charge in [-0.25, -0.2) is 0 Å². The van der Waals surface area contributed by atoms with Gasteiger partial charge in [-0.3, -0.25) is 0 Å². The van der Waals surface area contributed by atoms with E-state index in [2.05, 4.69) is 13.8 Å². The number of hydrogen-bond acceptors (Lipinski definition) is 2. The van der Waals surface area contributed by atoms with Crippen LogP contribution >= 0.6 is 0 Å². The van der Waals surface area contributed by atoms with E-state index in [1.807, 2.05) is 0 Å². The largest absolute Gasteiger partial charge is 0.393 e. The predicted octanol–water partition coefficient (Wildman–Crippen LogP) is 5.21. The highest BCUT2D eigenvalue weighted by atomic mass is 16.3. The van der Waals surface area contributed by atoms with Gasteiger partial charge in [-0.1, -0.05) is 78.1 Å². The Kier molecular flexibility index (Phi) is 15.3. The summed E-state index contributed by atoms with van der Waals surface area (Å²) in [6, 6.07) is 0. The molecule has 0 aromatic carbocycles. The second kappa shape index (κ2) is 15.3. The molecule has 2 N–H and O–H groups in total. The SMILES string of the molecule is CCCCC(O)CCCCCCCCCC(O)CCC. The molecule has 0 fully saturated rings. The average molecular weight is 286 g/mol. The summed E-state index contributed by atoms with van der Waals surface area (Å²) in [6.07, 6.45) is 16.0. The monoisotopic (exact) mass is 286 g/mol. The average Bonchev–Trinajstić information content (AvgIpc) is 2.43. The number of rotatable bonds is 15. The molecule has 0 radical (unpaired) electrons. The lowest BCUT2D eigenvalue weighted by atomic mass is 10.0. The third-order valence-electron chi connectivity index (χ3n) is 4.09. The fourth-order valence-corrected chi connectivity index (χ4v) is 2.71. The number of aliphatic hydroxyl groups is 2. The van der Waals surface area contributed by atoms with E-state index in [1.54, 1.807) is 0 Å². The summed E-state index contributed by atoms with van der Waals surface area (Å²) in [5.74, 6) is 0. The van der Waals surface area contributed by atoms with Crippen LogP contribution in [0.2, 0.25) is 0 Å². The van der Waals surface area contributed by atoms with Crippen molar-refractivity contribution in [2.45, 2.75) is 116 Å². The van der Waals surface area contributed by atoms with Crippen LogP contribution in [0, 0.1) is 0 Å². The van der Waals surface area contributed by atoms with Crippen molar-refractivity contribution >= 4 is 0 Å². The molecule has 2 heteroatoms. The lowest BCUT2D eigenvalue weighted by Gasteiger charge is -2.10. The number of aliphatic hydroxyl groups excluding tert-OH is 2. The maximum absolute atomic E-state index is 9.72. The second-order valence-corrected chi connectivity index (χ2v) is 6.29. The van der Waals surface area contributed by atoms with E-state index >= 15 is 0 Å². The molecule has 2 nitrogen and oxygen atoms in total. The van der Waals surface area contributed by atoms with Crippen LogP contribution in [0.1, 0.15) is 104 Å². The van der Waals surface area contributed by atoms with Gasteiger partial charge in [0.2, 0.25) is 0 Å². The van der Waals surface area contributed by atoms with Crippen LogP contribution in [0.5, 0.6) is 0 Å². The zero-order valence-corrected chi connectivity index (χ0v) is 13.9. The van der Waals surface area contributed by atoms with Gasteiger partial charge in [0.05, 0.1) is 12.2 Å². The summed E-state index contributed by atoms with van der Waals surface area (Å²) in [6.45, 7) is 4.30. The van der Waals surface area contributed by atoms with Crippen molar-refractivity contribution in [3.63, 3.8) is 0 Å². The fourth-order valence-electron chi connectivity index (χ4n) is 2.71. The molecule has 0 aliphatic carbocycles. The van der Waals surface area contributed by atoms with Crippen LogP contribution in [0.3, 0.4) is 0 Å². The summed E-state index contributed by atoms with van der Waals surface area (Å²) in [5, 5.41) is 19.3. The van der Waals surface area contributed by atoms with Gasteiger partial charge in [-0.05, 0) is 25.7 Å². The number of hydrogen-bond donors (Lipinski definition) is 2. The fraction of sp³-hybridized carbons (Fsp3) is 1.00. The topological polar surface area (TPSA) is 40.5 Å². The van der Waals surface area contributed by atoms with Crippen LogP contribution in [0.4, 0.5) is 0 Å². The molecule has 2 unspecified atom stereocenters. The highest BCUT2D eigenvalue weighted by Crippen LogP contribution is 2.14. The Hall–Kier alpha value is -0.0800. The Morgan fingerprint density at radius 3 is 1.35 bits per heavy atom. The minimum absolute atomic E-state index is 0.0602. The molecule has 0 spiro atoms. The van der Waals surface area contributed by atoms with E-state index in [0.717, 1.165) is 38.5 Å². The maximum Gasteiger partial charge on any atom is 0.0540 e. The van der Waals surface area contributed by atoms with Crippen LogP contribution in [-0.4, -0.2) is 22.4 Å². The van der Waals surface area contributed by atoms with E-state index in [1.165, 1.54) is 51.4 Å². The standard InChI is InChI=1S/C18H38O2/c1-3-5-14-18(20)16-12-10-8-6-7-9-11-15-17(19)13-4-2/h17-20H,3-16H2,1-2H3. The van der Waals surface area contributed by atoms with Crippen LogP contribution in [-0.2, 0) is 0 Å². The van der Waals surface area contributed by atoms with Crippen molar-refractivity contribution < 1.29 is 10.2 Å². The van der Waals surface area contributed by atoms with Gasteiger partial charge in [-0.15, -0.1) is 0 Å². The van der Waals surface area contributed by atoms with Crippen molar-refractivity contribution in [1.82, 2.24) is 0 Å². The Balaban J connectivity index is 3.13. The highest BCUT2D eigenvalue weighted by Gasteiger charge is 2.03. The molecule has 0 rings (SSSR count). The quantitative estimate of drug-likeness (QED) is 0.406. The van der Waals surface area contributed by atoms with E-state index in [0.29, 0.717) is 0 Å². The van der Waals surface area contributed by atoms with Crippen molar-refractivity contribution in [2.75, 3.05) is 0 Å². The molecule has 0 saturated carbocycles.